The van der Waals surface area contributed by atoms with Crippen LogP contribution in [0.15, 0.2) is 12.1 Å². The third-order valence-electron chi connectivity index (χ3n) is 3.25. The lowest BCUT2D eigenvalue weighted by atomic mass is 10.1. The molecule has 0 aliphatic carbocycles. The van der Waals surface area contributed by atoms with Crippen LogP contribution in [0.1, 0.15) is 12.7 Å². The molecule has 0 amide bonds. The van der Waals surface area contributed by atoms with Gasteiger partial charge in [-0.05, 0) is 26.0 Å². The first-order chi connectivity index (χ1) is 9.54. The largest absolute Gasteiger partial charge is 0.493 e. The summed E-state index contributed by atoms with van der Waals surface area (Å²) in [4.78, 5) is 4.50. The van der Waals surface area contributed by atoms with E-state index in [1.807, 2.05) is 24.5 Å². The number of nitrogens with zero attached hydrogens (tertiary/aromatic N) is 2. The zero-order valence-electron chi connectivity index (χ0n) is 12.0. The van der Waals surface area contributed by atoms with Gasteiger partial charge < -0.3 is 19.8 Å². The van der Waals surface area contributed by atoms with Gasteiger partial charge in [-0.15, -0.1) is 0 Å². The average molecular weight is 296 g/mol. The van der Waals surface area contributed by atoms with Crippen molar-refractivity contribution >= 4 is 17.4 Å². The number of hydrogen-bond acceptors (Lipinski definition) is 4. The van der Waals surface area contributed by atoms with Gasteiger partial charge >= 0.3 is 0 Å². The number of ether oxygens (including phenoxy) is 2. The van der Waals surface area contributed by atoms with Gasteiger partial charge in [0.05, 0.1) is 19.2 Å². The summed E-state index contributed by atoms with van der Waals surface area (Å²) in [7, 11) is 3.12. The Balaban J connectivity index is 2.65. The van der Waals surface area contributed by atoms with Gasteiger partial charge in [0.2, 0.25) is 0 Å². The number of methoxy groups -OCH3 is 2. The van der Waals surface area contributed by atoms with Crippen molar-refractivity contribution in [1.82, 2.24) is 9.55 Å². The minimum absolute atomic E-state index is 0.444. The molecule has 0 aliphatic rings. The molecule has 0 saturated carbocycles. The minimum Gasteiger partial charge on any atom is -0.493 e. The Morgan fingerprint density at radius 2 is 2.00 bits per heavy atom. The molecule has 0 atom stereocenters. The standard InChI is InChI=1S/C14H18ClN3O2/c1-5-18-8(2)17-12(14(18)16)9-6-7-10(19-3)13(20-4)11(9)15/h6-7H,5,16H2,1-4H3. The van der Waals surface area contributed by atoms with E-state index in [0.717, 1.165) is 17.9 Å². The molecular formula is C14H18ClN3O2. The molecule has 2 rings (SSSR count). The lowest BCUT2D eigenvalue weighted by molar-refractivity contribution is 0.355. The van der Waals surface area contributed by atoms with Crippen LogP contribution in [-0.4, -0.2) is 23.8 Å². The Morgan fingerprint density at radius 3 is 2.50 bits per heavy atom. The third kappa shape index (κ3) is 2.18. The van der Waals surface area contributed by atoms with Gasteiger partial charge in [-0.3, -0.25) is 0 Å². The summed E-state index contributed by atoms with van der Waals surface area (Å²) in [6.07, 6.45) is 0. The van der Waals surface area contributed by atoms with E-state index in [0.29, 0.717) is 28.0 Å². The van der Waals surface area contributed by atoms with Gasteiger partial charge in [-0.1, -0.05) is 11.6 Å². The van der Waals surface area contributed by atoms with Crippen LogP contribution in [0.5, 0.6) is 11.5 Å². The smallest absolute Gasteiger partial charge is 0.180 e. The Hall–Kier alpha value is -1.88. The Labute approximate surface area is 123 Å². The lowest BCUT2D eigenvalue weighted by Gasteiger charge is -2.12. The number of rotatable bonds is 4. The van der Waals surface area contributed by atoms with Crippen molar-refractivity contribution in [2.24, 2.45) is 0 Å². The fraction of sp³-hybridized carbons (Fsp3) is 0.357. The highest BCUT2D eigenvalue weighted by molar-refractivity contribution is 6.35. The number of hydrogen-bond donors (Lipinski definition) is 1. The average Bonchev–Trinajstić information content (AvgIpc) is 2.72. The van der Waals surface area contributed by atoms with Crippen LogP contribution >= 0.6 is 11.6 Å². The van der Waals surface area contributed by atoms with E-state index in [-0.39, 0.29) is 0 Å². The molecule has 20 heavy (non-hydrogen) atoms. The molecule has 0 bridgehead atoms. The van der Waals surface area contributed by atoms with Gasteiger partial charge in [-0.2, -0.15) is 0 Å². The third-order valence-corrected chi connectivity index (χ3v) is 3.63. The molecule has 0 saturated heterocycles. The summed E-state index contributed by atoms with van der Waals surface area (Å²) in [5.74, 6) is 2.51. The minimum atomic E-state index is 0.444. The van der Waals surface area contributed by atoms with Crippen LogP contribution in [0.25, 0.3) is 11.3 Å². The van der Waals surface area contributed by atoms with Crippen molar-refractivity contribution in [2.45, 2.75) is 20.4 Å². The van der Waals surface area contributed by atoms with E-state index < -0.39 is 0 Å². The van der Waals surface area contributed by atoms with Gasteiger partial charge in [0, 0.05) is 12.1 Å². The van der Waals surface area contributed by atoms with E-state index in [9.17, 15) is 0 Å². The van der Waals surface area contributed by atoms with Crippen LogP contribution in [0, 0.1) is 6.92 Å². The van der Waals surface area contributed by atoms with Gasteiger partial charge in [0.1, 0.15) is 17.3 Å². The lowest BCUT2D eigenvalue weighted by Crippen LogP contribution is -2.02. The summed E-state index contributed by atoms with van der Waals surface area (Å²) in [6.45, 7) is 4.69. The number of nitrogen functional groups attached to an aromatic ring is 1. The molecule has 1 heterocycles. The molecule has 0 aliphatic heterocycles. The van der Waals surface area contributed by atoms with E-state index in [1.165, 1.54) is 0 Å². The second-order valence-electron chi connectivity index (χ2n) is 4.30. The highest BCUT2D eigenvalue weighted by Crippen LogP contribution is 2.42. The zero-order chi connectivity index (χ0) is 14.9. The first kappa shape index (κ1) is 14.5. The Bertz CT molecular complexity index is 638. The van der Waals surface area contributed by atoms with Crippen molar-refractivity contribution in [3.05, 3.63) is 23.0 Å². The predicted octanol–water partition coefficient (Wildman–Crippen LogP) is 3.13. The predicted molar refractivity (Wildman–Crippen MR) is 80.6 cm³/mol. The first-order valence-electron chi connectivity index (χ1n) is 6.28. The normalized spacial score (nSPS) is 10.7. The quantitative estimate of drug-likeness (QED) is 0.941. The molecular weight excluding hydrogens is 278 g/mol. The zero-order valence-corrected chi connectivity index (χ0v) is 12.8. The summed E-state index contributed by atoms with van der Waals surface area (Å²) >= 11 is 6.39. The fourth-order valence-electron chi connectivity index (χ4n) is 2.25. The van der Waals surface area contributed by atoms with Gasteiger partial charge in [0.25, 0.3) is 0 Å². The van der Waals surface area contributed by atoms with E-state index in [1.54, 1.807) is 20.3 Å². The Morgan fingerprint density at radius 1 is 1.30 bits per heavy atom. The second kappa shape index (κ2) is 5.63. The van der Waals surface area contributed by atoms with Gasteiger partial charge in [0.15, 0.2) is 11.5 Å². The maximum atomic E-state index is 6.39. The number of aromatic nitrogens is 2. The SMILES string of the molecule is CCn1c(C)nc(-c2ccc(OC)c(OC)c2Cl)c1N. The number of nitrogens with two attached hydrogens (primary N) is 1. The monoisotopic (exact) mass is 295 g/mol. The second-order valence-corrected chi connectivity index (χ2v) is 4.68. The van der Waals surface area contributed by atoms with E-state index in [2.05, 4.69) is 4.98 Å². The van der Waals surface area contributed by atoms with Crippen LogP contribution in [0.2, 0.25) is 5.02 Å². The molecule has 0 unspecified atom stereocenters. The van der Waals surface area contributed by atoms with Crippen molar-refractivity contribution in [3.63, 3.8) is 0 Å². The molecule has 108 valence electrons. The topological polar surface area (TPSA) is 62.3 Å². The first-order valence-corrected chi connectivity index (χ1v) is 6.66. The van der Waals surface area contributed by atoms with Crippen LogP contribution in [0.3, 0.4) is 0 Å². The summed E-state index contributed by atoms with van der Waals surface area (Å²) in [5, 5.41) is 0.444. The number of halogens is 1. The number of anilines is 1. The van der Waals surface area contributed by atoms with Crippen LogP contribution in [0.4, 0.5) is 5.82 Å². The Kier molecular flexibility index (Phi) is 4.09. The molecule has 1 aromatic carbocycles. The van der Waals surface area contributed by atoms with Crippen LogP contribution in [-0.2, 0) is 6.54 Å². The van der Waals surface area contributed by atoms with Crippen molar-refractivity contribution < 1.29 is 9.47 Å². The van der Waals surface area contributed by atoms with E-state index in [4.69, 9.17) is 26.8 Å². The molecule has 2 aromatic rings. The van der Waals surface area contributed by atoms with Crippen molar-refractivity contribution in [3.8, 4) is 22.8 Å². The fourth-order valence-corrected chi connectivity index (χ4v) is 2.57. The maximum absolute atomic E-state index is 6.39. The molecule has 1 aromatic heterocycles. The molecule has 5 nitrogen and oxygen atoms in total. The summed E-state index contributed by atoms with van der Waals surface area (Å²) < 4.78 is 12.5. The number of imidazole rings is 1. The van der Waals surface area contributed by atoms with Gasteiger partial charge in [-0.25, -0.2) is 4.98 Å². The van der Waals surface area contributed by atoms with E-state index >= 15 is 0 Å². The maximum Gasteiger partial charge on any atom is 0.180 e. The molecule has 0 spiro atoms. The summed E-state index contributed by atoms with van der Waals surface area (Å²) in [5.41, 5.74) is 7.54. The molecule has 0 fully saturated rings. The van der Waals surface area contributed by atoms with Crippen molar-refractivity contribution in [2.75, 3.05) is 20.0 Å². The van der Waals surface area contributed by atoms with Crippen LogP contribution < -0.4 is 15.2 Å². The molecule has 2 N–H and O–H groups in total. The number of aryl methyl sites for hydroxylation is 1. The highest BCUT2D eigenvalue weighted by Gasteiger charge is 2.20. The molecule has 0 radical (unpaired) electrons. The summed E-state index contributed by atoms with van der Waals surface area (Å²) in [6, 6.07) is 3.63. The van der Waals surface area contributed by atoms with Crippen molar-refractivity contribution in [1.29, 1.82) is 0 Å². The highest BCUT2D eigenvalue weighted by atomic mass is 35.5. The molecule has 6 heteroatoms. The number of benzene rings is 1.